The molecule has 2 heterocycles. The molecule has 0 spiro atoms. The number of hydrogen-bond acceptors (Lipinski definition) is 5. The highest BCUT2D eigenvalue weighted by molar-refractivity contribution is 6.06. The standard InChI is InChI=1S/C28H25F2N5O3/c1-15-24(14-31-10-11-36)35-26(33-15)21-9-8-19(22-13-32-28(38)25(21)22)20-7-6-18(12-23(20)30)34-27(37)16-2-4-17(29)5-3-16/h2-9,12,31,36H,10-11,13-14H2,1H3,(H,32,38)(H,33,35)(H,34,37). The summed E-state index contributed by atoms with van der Waals surface area (Å²) >= 11 is 0. The minimum Gasteiger partial charge on any atom is -0.395 e. The molecule has 5 rings (SSSR count). The summed E-state index contributed by atoms with van der Waals surface area (Å²) in [5.74, 6) is -1.25. The number of halogens is 2. The van der Waals surface area contributed by atoms with Gasteiger partial charge in [-0.05, 0) is 66.6 Å². The summed E-state index contributed by atoms with van der Waals surface area (Å²) in [7, 11) is 0. The fraction of sp³-hybridized carbons (Fsp3) is 0.179. The summed E-state index contributed by atoms with van der Waals surface area (Å²) in [4.78, 5) is 33.1. The highest BCUT2D eigenvalue weighted by Crippen LogP contribution is 2.37. The van der Waals surface area contributed by atoms with Gasteiger partial charge in [-0.25, -0.2) is 13.8 Å². The lowest BCUT2D eigenvalue weighted by Crippen LogP contribution is -2.18. The van der Waals surface area contributed by atoms with Crippen molar-refractivity contribution in [3.63, 3.8) is 0 Å². The van der Waals surface area contributed by atoms with E-state index in [1.807, 2.05) is 6.92 Å². The number of carbonyl (C=O) groups excluding carboxylic acids is 2. The first kappa shape index (κ1) is 25.2. The predicted molar refractivity (Wildman–Crippen MR) is 138 cm³/mol. The van der Waals surface area contributed by atoms with Gasteiger partial charge in [-0.1, -0.05) is 6.07 Å². The maximum absolute atomic E-state index is 15.3. The normalized spacial score (nSPS) is 12.4. The number of rotatable bonds is 8. The minimum absolute atomic E-state index is 0.0175. The van der Waals surface area contributed by atoms with Gasteiger partial charge in [-0.2, -0.15) is 0 Å². The molecule has 0 saturated heterocycles. The first-order valence-electron chi connectivity index (χ1n) is 12.0. The Labute approximate surface area is 217 Å². The molecule has 1 aromatic heterocycles. The number of aromatic nitrogens is 2. The van der Waals surface area contributed by atoms with E-state index in [0.29, 0.717) is 41.2 Å². The zero-order valence-corrected chi connectivity index (χ0v) is 20.5. The van der Waals surface area contributed by atoms with Gasteiger partial charge in [0, 0.05) is 47.7 Å². The zero-order valence-electron chi connectivity index (χ0n) is 20.5. The zero-order chi connectivity index (χ0) is 26.8. The van der Waals surface area contributed by atoms with E-state index in [1.54, 1.807) is 24.3 Å². The Balaban J connectivity index is 1.44. The molecule has 1 aliphatic rings. The summed E-state index contributed by atoms with van der Waals surface area (Å²) < 4.78 is 28.4. The molecule has 0 atom stereocenters. The van der Waals surface area contributed by atoms with E-state index in [9.17, 15) is 14.0 Å². The monoisotopic (exact) mass is 517 g/mol. The van der Waals surface area contributed by atoms with Crippen molar-refractivity contribution in [2.24, 2.45) is 0 Å². The molecule has 4 aromatic rings. The van der Waals surface area contributed by atoms with Gasteiger partial charge in [0.25, 0.3) is 11.8 Å². The fourth-order valence-corrected chi connectivity index (χ4v) is 4.50. The highest BCUT2D eigenvalue weighted by atomic mass is 19.1. The predicted octanol–water partition coefficient (Wildman–Crippen LogP) is 3.91. The number of anilines is 1. The third kappa shape index (κ3) is 4.91. The van der Waals surface area contributed by atoms with Crippen molar-refractivity contribution in [3.05, 3.63) is 94.3 Å². The van der Waals surface area contributed by atoms with Gasteiger partial charge in [0.1, 0.15) is 17.5 Å². The summed E-state index contributed by atoms with van der Waals surface area (Å²) in [6.45, 7) is 3.04. The summed E-state index contributed by atoms with van der Waals surface area (Å²) in [6, 6.07) is 12.9. The number of aliphatic hydroxyl groups excluding tert-OH is 1. The van der Waals surface area contributed by atoms with Crippen molar-refractivity contribution in [1.29, 1.82) is 0 Å². The molecule has 5 N–H and O–H groups in total. The minimum atomic E-state index is -0.567. The molecule has 2 amide bonds. The van der Waals surface area contributed by atoms with Gasteiger partial charge in [-0.3, -0.25) is 9.59 Å². The fourth-order valence-electron chi connectivity index (χ4n) is 4.50. The highest BCUT2D eigenvalue weighted by Gasteiger charge is 2.28. The third-order valence-electron chi connectivity index (χ3n) is 6.41. The van der Waals surface area contributed by atoms with E-state index in [-0.39, 0.29) is 35.9 Å². The smallest absolute Gasteiger partial charge is 0.255 e. The van der Waals surface area contributed by atoms with Crippen molar-refractivity contribution >= 4 is 17.5 Å². The van der Waals surface area contributed by atoms with Crippen LogP contribution in [0.5, 0.6) is 0 Å². The van der Waals surface area contributed by atoms with Crippen molar-refractivity contribution in [2.75, 3.05) is 18.5 Å². The largest absolute Gasteiger partial charge is 0.395 e. The molecule has 8 nitrogen and oxygen atoms in total. The van der Waals surface area contributed by atoms with Crippen LogP contribution in [0.15, 0.2) is 54.6 Å². The van der Waals surface area contributed by atoms with Gasteiger partial charge in [0.15, 0.2) is 0 Å². The summed E-state index contributed by atoms with van der Waals surface area (Å²) in [5, 5.41) is 17.5. The van der Waals surface area contributed by atoms with Crippen LogP contribution in [0.4, 0.5) is 14.5 Å². The molecule has 38 heavy (non-hydrogen) atoms. The molecule has 0 bridgehead atoms. The molecule has 0 radical (unpaired) electrons. The second-order valence-electron chi connectivity index (χ2n) is 8.91. The van der Waals surface area contributed by atoms with Gasteiger partial charge in [-0.15, -0.1) is 0 Å². The van der Waals surface area contributed by atoms with Gasteiger partial charge >= 0.3 is 0 Å². The summed E-state index contributed by atoms with van der Waals surface area (Å²) in [5.41, 5.74) is 4.64. The molecule has 0 aliphatic carbocycles. The molecule has 3 aromatic carbocycles. The van der Waals surface area contributed by atoms with E-state index in [2.05, 4.69) is 25.9 Å². The lowest BCUT2D eigenvalue weighted by atomic mass is 9.92. The van der Waals surface area contributed by atoms with E-state index >= 15 is 4.39 Å². The Bertz CT molecular complexity index is 1530. The number of aryl methyl sites for hydroxylation is 1. The van der Waals surface area contributed by atoms with E-state index in [1.165, 1.54) is 30.3 Å². The van der Waals surface area contributed by atoms with Crippen LogP contribution < -0.4 is 16.0 Å². The first-order valence-corrected chi connectivity index (χ1v) is 12.0. The van der Waals surface area contributed by atoms with E-state index < -0.39 is 17.5 Å². The maximum Gasteiger partial charge on any atom is 0.255 e. The van der Waals surface area contributed by atoms with Crippen LogP contribution in [0.1, 0.15) is 37.7 Å². The SMILES string of the molecule is Cc1[nH]c(-c2ccc(-c3ccc(NC(=O)c4ccc(F)cc4)cc3F)c3c2C(=O)NC3)nc1CNCCO. The number of H-pyrrole nitrogens is 1. The number of carbonyl (C=O) groups is 2. The van der Waals surface area contributed by atoms with Gasteiger partial charge < -0.3 is 26.0 Å². The van der Waals surface area contributed by atoms with Crippen LogP contribution in [-0.2, 0) is 13.1 Å². The van der Waals surface area contributed by atoms with E-state index in [0.717, 1.165) is 11.4 Å². The van der Waals surface area contributed by atoms with Crippen molar-refractivity contribution < 1.29 is 23.5 Å². The molecule has 10 heteroatoms. The first-order chi connectivity index (χ1) is 18.4. The Hall–Kier alpha value is -4.41. The molecule has 0 saturated carbocycles. The van der Waals surface area contributed by atoms with Gasteiger partial charge in [0.2, 0.25) is 0 Å². The molecule has 1 aliphatic heterocycles. The Morgan fingerprint density at radius 3 is 2.53 bits per heavy atom. The topological polar surface area (TPSA) is 119 Å². The van der Waals surface area contributed by atoms with E-state index in [4.69, 9.17) is 5.11 Å². The van der Waals surface area contributed by atoms with Crippen LogP contribution >= 0.6 is 0 Å². The van der Waals surface area contributed by atoms with Crippen LogP contribution in [-0.4, -0.2) is 40.0 Å². The van der Waals surface area contributed by atoms with Crippen LogP contribution in [0.3, 0.4) is 0 Å². The number of nitrogens with one attached hydrogen (secondary N) is 4. The number of aliphatic hydroxyl groups is 1. The maximum atomic E-state index is 15.3. The number of fused-ring (bicyclic) bond motifs is 1. The molecule has 194 valence electrons. The number of aromatic amines is 1. The van der Waals surface area contributed by atoms with Crippen LogP contribution in [0.25, 0.3) is 22.5 Å². The number of amides is 2. The molecular weight excluding hydrogens is 492 g/mol. The Morgan fingerprint density at radius 1 is 1.05 bits per heavy atom. The van der Waals surface area contributed by atoms with Gasteiger partial charge in [0.05, 0.1) is 17.9 Å². The Morgan fingerprint density at radius 2 is 1.79 bits per heavy atom. The average molecular weight is 518 g/mol. The van der Waals surface area contributed by atoms with Crippen molar-refractivity contribution in [2.45, 2.75) is 20.0 Å². The molecule has 0 unspecified atom stereocenters. The number of imidazole rings is 1. The number of benzene rings is 3. The Kier molecular flexibility index (Phi) is 6.99. The lowest BCUT2D eigenvalue weighted by molar-refractivity contribution is 0.0965. The third-order valence-corrected chi connectivity index (χ3v) is 6.41. The van der Waals surface area contributed by atoms with Crippen LogP contribution in [0, 0.1) is 18.6 Å². The average Bonchev–Trinajstić information content (AvgIpc) is 3.47. The quantitative estimate of drug-likeness (QED) is 0.227. The number of hydrogen-bond donors (Lipinski definition) is 5. The molecular formula is C28H25F2N5O3. The van der Waals surface area contributed by atoms with Crippen LogP contribution in [0.2, 0.25) is 0 Å². The van der Waals surface area contributed by atoms with Crippen molar-refractivity contribution in [1.82, 2.24) is 20.6 Å². The lowest BCUT2D eigenvalue weighted by Gasteiger charge is -2.13. The second kappa shape index (κ2) is 10.5. The summed E-state index contributed by atoms with van der Waals surface area (Å²) in [6.07, 6.45) is 0. The molecule has 0 fully saturated rings. The number of nitrogens with zero attached hydrogens (tertiary/aromatic N) is 1. The van der Waals surface area contributed by atoms with Crippen molar-refractivity contribution in [3.8, 4) is 22.5 Å². The second-order valence-corrected chi connectivity index (χ2v) is 8.91.